The summed E-state index contributed by atoms with van der Waals surface area (Å²) in [6.45, 7) is 5.44. The number of aliphatic imine (C=N–C) groups is 2. The molecule has 0 atom stereocenters. The topological polar surface area (TPSA) is 36.8 Å². The average Bonchev–Trinajstić information content (AvgIpc) is 2.81. The molecule has 0 aromatic rings. The quantitative estimate of drug-likeness (QED) is 0.264. The van der Waals surface area contributed by atoms with Crippen molar-refractivity contribution in [2.45, 2.75) is 38.6 Å². The fourth-order valence-corrected chi connectivity index (χ4v) is 2.12. The molecule has 0 radical (unpaired) electrons. The van der Waals surface area contributed by atoms with Crippen molar-refractivity contribution in [3.05, 3.63) is 23.9 Å². The molecule has 1 aliphatic rings. The number of nitrogens with one attached hydrogen (secondary N) is 1. The zero-order chi connectivity index (χ0) is 12.5. The molecular weight excluding hydrogens is 234 g/mol. The summed E-state index contributed by atoms with van der Waals surface area (Å²) in [5.74, 6) is 0.817. The maximum absolute atomic E-state index is 5.70. The molecule has 0 aromatic heterocycles. The average molecular weight is 254 g/mol. The summed E-state index contributed by atoms with van der Waals surface area (Å²) in [6.07, 6.45) is 10.6. The van der Waals surface area contributed by atoms with Crippen LogP contribution in [0.2, 0.25) is 0 Å². The molecule has 0 aliphatic heterocycles. The number of nitrogens with zero attached hydrogens (tertiary/aromatic N) is 2. The second kappa shape index (κ2) is 8.07. The lowest BCUT2D eigenvalue weighted by Gasteiger charge is -2.16. The van der Waals surface area contributed by atoms with Crippen molar-refractivity contribution < 1.29 is 0 Å². The summed E-state index contributed by atoms with van der Waals surface area (Å²) < 4.78 is 0. The van der Waals surface area contributed by atoms with Gasteiger partial charge in [0.25, 0.3) is 0 Å². The normalized spacial score (nSPS) is 18.9. The van der Waals surface area contributed by atoms with Crippen molar-refractivity contribution in [3.63, 3.8) is 0 Å². The summed E-state index contributed by atoms with van der Waals surface area (Å²) in [5, 5.41) is 3.44. The van der Waals surface area contributed by atoms with Crippen LogP contribution in [0.15, 0.2) is 33.9 Å². The summed E-state index contributed by atoms with van der Waals surface area (Å²) >= 11 is 5.70. The van der Waals surface area contributed by atoms with E-state index in [1.807, 2.05) is 19.1 Å². The van der Waals surface area contributed by atoms with Crippen molar-refractivity contribution in [1.29, 1.82) is 0 Å². The van der Waals surface area contributed by atoms with Crippen LogP contribution in [-0.2, 0) is 0 Å². The fraction of sp³-hybridized carbons (Fsp3) is 0.538. The smallest absolute Gasteiger partial charge is 0.131 e. The van der Waals surface area contributed by atoms with Crippen LogP contribution >= 0.6 is 11.6 Å². The van der Waals surface area contributed by atoms with Gasteiger partial charge in [0.2, 0.25) is 0 Å². The van der Waals surface area contributed by atoms with Crippen LogP contribution in [0, 0.1) is 0 Å². The molecule has 0 aromatic carbocycles. The number of allylic oxidation sites excluding steroid dienone is 1. The standard InChI is InChI=1S/C13H20ClN3/c1-3-6-11(9-15-2)13(16-10-14)17-12-7-4-5-8-12/h3,6,9,12H,2,4-5,7-8,10H2,1H3,(H,16,17)/b6-3+,11-9-. The van der Waals surface area contributed by atoms with Gasteiger partial charge in [0.1, 0.15) is 11.8 Å². The lowest BCUT2D eigenvalue weighted by atomic mass is 10.2. The second-order valence-corrected chi connectivity index (χ2v) is 4.26. The lowest BCUT2D eigenvalue weighted by Crippen LogP contribution is -2.33. The lowest BCUT2D eigenvalue weighted by molar-refractivity contribution is 0.630. The summed E-state index contributed by atoms with van der Waals surface area (Å²) in [6, 6.07) is 0.761. The number of hydrogen-bond donors (Lipinski definition) is 1. The molecule has 1 aliphatic carbocycles. The van der Waals surface area contributed by atoms with Gasteiger partial charge in [-0.3, -0.25) is 9.98 Å². The van der Waals surface area contributed by atoms with Gasteiger partial charge in [0, 0.05) is 17.8 Å². The summed E-state index contributed by atoms with van der Waals surface area (Å²) in [5.41, 5.74) is 0.926. The summed E-state index contributed by atoms with van der Waals surface area (Å²) in [7, 11) is 0. The molecular formula is C13H20ClN3. The molecule has 0 spiro atoms. The van der Waals surface area contributed by atoms with Crippen LogP contribution < -0.4 is 5.32 Å². The van der Waals surface area contributed by atoms with Gasteiger partial charge in [-0.25, -0.2) is 0 Å². The van der Waals surface area contributed by atoms with Crippen LogP contribution in [0.1, 0.15) is 32.6 Å². The van der Waals surface area contributed by atoms with E-state index in [4.69, 9.17) is 11.6 Å². The van der Waals surface area contributed by atoms with Gasteiger partial charge < -0.3 is 5.32 Å². The van der Waals surface area contributed by atoms with E-state index in [2.05, 4.69) is 22.0 Å². The monoisotopic (exact) mass is 253 g/mol. The zero-order valence-corrected chi connectivity index (χ0v) is 11.1. The molecule has 0 heterocycles. The first-order chi connectivity index (χ1) is 8.31. The van der Waals surface area contributed by atoms with Crippen molar-refractivity contribution in [2.24, 2.45) is 9.98 Å². The van der Waals surface area contributed by atoms with Gasteiger partial charge in [-0.05, 0) is 26.5 Å². The predicted octanol–water partition coefficient (Wildman–Crippen LogP) is 3.27. The van der Waals surface area contributed by atoms with Gasteiger partial charge >= 0.3 is 0 Å². The molecule has 1 fully saturated rings. The molecule has 94 valence electrons. The highest BCUT2D eigenvalue weighted by Crippen LogP contribution is 2.18. The highest BCUT2D eigenvalue weighted by Gasteiger charge is 2.17. The van der Waals surface area contributed by atoms with Gasteiger partial charge in [-0.1, -0.05) is 25.0 Å². The first kappa shape index (κ1) is 14.0. The van der Waals surface area contributed by atoms with E-state index in [9.17, 15) is 0 Å². The van der Waals surface area contributed by atoms with Crippen molar-refractivity contribution in [2.75, 3.05) is 6.00 Å². The van der Waals surface area contributed by atoms with Gasteiger partial charge in [-0.2, -0.15) is 0 Å². The Bertz CT molecular complexity index is 326. The number of alkyl halides is 1. The van der Waals surface area contributed by atoms with E-state index < -0.39 is 0 Å². The van der Waals surface area contributed by atoms with Crippen LogP contribution in [-0.4, -0.2) is 24.6 Å². The maximum atomic E-state index is 5.70. The molecule has 1 saturated carbocycles. The van der Waals surface area contributed by atoms with Crippen LogP contribution in [0.4, 0.5) is 0 Å². The molecule has 0 unspecified atom stereocenters. The predicted molar refractivity (Wildman–Crippen MR) is 76.0 cm³/mol. The van der Waals surface area contributed by atoms with Crippen LogP contribution in [0.25, 0.3) is 0 Å². The van der Waals surface area contributed by atoms with Crippen LogP contribution in [0.3, 0.4) is 0 Å². The molecule has 0 bridgehead atoms. The molecule has 1 N–H and O–H groups in total. The Kier molecular flexibility index (Phi) is 6.63. The minimum Gasteiger partial charge on any atom is -0.367 e. The van der Waals surface area contributed by atoms with Gasteiger partial charge in [0.05, 0.1) is 0 Å². The van der Waals surface area contributed by atoms with Crippen molar-refractivity contribution in [1.82, 2.24) is 5.32 Å². The number of hydrogen-bond acceptors (Lipinski definition) is 2. The Morgan fingerprint density at radius 1 is 1.47 bits per heavy atom. The third kappa shape index (κ3) is 4.73. The van der Waals surface area contributed by atoms with E-state index in [0.29, 0.717) is 6.04 Å². The minimum atomic E-state index is 0.251. The van der Waals surface area contributed by atoms with Gasteiger partial charge in [-0.15, -0.1) is 11.6 Å². The highest BCUT2D eigenvalue weighted by atomic mass is 35.5. The molecule has 3 nitrogen and oxygen atoms in total. The SMILES string of the molecule is C=N/C=C(/C=C/C)C(=N/CCl)\NC1CCCC1. The minimum absolute atomic E-state index is 0.251. The van der Waals surface area contributed by atoms with Crippen LogP contribution in [0.5, 0.6) is 0 Å². The third-order valence-corrected chi connectivity index (χ3v) is 2.88. The Morgan fingerprint density at radius 3 is 2.71 bits per heavy atom. The van der Waals surface area contributed by atoms with E-state index in [0.717, 1.165) is 11.4 Å². The Balaban J connectivity index is 2.78. The van der Waals surface area contributed by atoms with Crippen molar-refractivity contribution in [3.8, 4) is 0 Å². The molecule has 0 amide bonds. The molecule has 17 heavy (non-hydrogen) atoms. The first-order valence-corrected chi connectivity index (χ1v) is 6.51. The van der Waals surface area contributed by atoms with Gasteiger partial charge in [0.15, 0.2) is 0 Å². The van der Waals surface area contributed by atoms with E-state index in [1.165, 1.54) is 25.7 Å². The zero-order valence-electron chi connectivity index (χ0n) is 10.3. The highest BCUT2D eigenvalue weighted by molar-refractivity contribution is 6.18. The van der Waals surface area contributed by atoms with E-state index in [-0.39, 0.29) is 6.00 Å². The summed E-state index contributed by atoms with van der Waals surface area (Å²) in [4.78, 5) is 8.09. The number of amidine groups is 1. The first-order valence-electron chi connectivity index (χ1n) is 5.97. The third-order valence-electron chi connectivity index (χ3n) is 2.76. The fourth-order valence-electron chi connectivity index (χ4n) is 2.00. The van der Waals surface area contributed by atoms with Crippen molar-refractivity contribution >= 4 is 24.2 Å². The Hall–Kier alpha value is -1.09. The molecule has 0 saturated heterocycles. The number of rotatable bonds is 5. The number of halogens is 1. The largest absolute Gasteiger partial charge is 0.367 e. The maximum Gasteiger partial charge on any atom is 0.131 e. The molecule has 4 heteroatoms. The Labute approximate surface area is 108 Å². The second-order valence-electron chi connectivity index (χ2n) is 4.02. The van der Waals surface area contributed by atoms with E-state index >= 15 is 0 Å². The van der Waals surface area contributed by atoms with E-state index in [1.54, 1.807) is 6.20 Å². The Morgan fingerprint density at radius 2 is 2.18 bits per heavy atom. The molecule has 1 rings (SSSR count).